The maximum atomic E-state index is 13.7. The first-order chi connectivity index (χ1) is 26.0. The van der Waals surface area contributed by atoms with Crippen LogP contribution in [0.3, 0.4) is 0 Å². The van der Waals surface area contributed by atoms with Crippen molar-refractivity contribution in [2.75, 3.05) is 30.3 Å². The van der Waals surface area contributed by atoms with Crippen molar-refractivity contribution in [2.24, 2.45) is 0 Å². The Kier molecular flexibility index (Phi) is 10.7. The average Bonchev–Trinajstić information content (AvgIpc) is 3.73. The van der Waals surface area contributed by atoms with E-state index in [2.05, 4.69) is 20.9 Å². The molecule has 3 N–H and O–H groups in total. The Morgan fingerprint density at radius 3 is 2.57 bits per heavy atom. The summed E-state index contributed by atoms with van der Waals surface area (Å²) in [6, 6.07) is 8.03. The van der Waals surface area contributed by atoms with Crippen LogP contribution in [0.5, 0.6) is 5.75 Å². The summed E-state index contributed by atoms with van der Waals surface area (Å²) in [5, 5.41) is 8.35. The summed E-state index contributed by atoms with van der Waals surface area (Å²) < 4.78 is 22.8. The third-order valence-corrected chi connectivity index (χ3v) is 10.3. The molecule has 6 heterocycles. The highest BCUT2D eigenvalue weighted by molar-refractivity contribution is 6.06. The third kappa shape index (κ3) is 8.29. The monoisotopic (exact) mass is 740 g/mol. The first-order valence-corrected chi connectivity index (χ1v) is 18.7. The number of hydrogen-bond donors (Lipinski definition) is 3. The molecule has 3 atom stereocenters. The molecule has 0 aromatic carbocycles. The fourth-order valence-corrected chi connectivity index (χ4v) is 7.18. The maximum Gasteiger partial charge on any atom is 0.274 e. The van der Waals surface area contributed by atoms with Crippen molar-refractivity contribution in [2.45, 2.75) is 95.4 Å². The van der Waals surface area contributed by atoms with E-state index >= 15 is 0 Å². The van der Waals surface area contributed by atoms with E-state index in [1.54, 1.807) is 28.9 Å². The van der Waals surface area contributed by atoms with E-state index < -0.39 is 23.7 Å². The fraction of sp³-hybridized carbons (Fsp3) is 0.462. The van der Waals surface area contributed by atoms with Gasteiger partial charge in [-0.15, -0.1) is 0 Å². The molecule has 1 aliphatic carbocycles. The number of pyridine rings is 3. The number of amides is 4. The number of rotatable bonds is 13. The number of anilines is 2. The molecule has 4 aromatic rings. The van der Waals surface area contributed by atoms with E-state index in [1.807, 2.05) is 37.1 Å². The Balaban J connectivity index is 0.897. The molecule has 4 aromatic heterocycles. The fourth-order valence-electron chi connectivity index (χ4n) is 7.18. The minimum atomic E-state index is -1.06. The van der Waals surface area contributed by atoms with Gasteiger partial charge in [0.2, 0.25) is 17.7 Å². The Bertz CT molecular complexity index is 2110. The summed E-state index contributed by atoms with van der Waals surface area (Å²) in [5.41, 5.74) is 2.12. The molecule has 14 nitrogen and oxygen atoms in total. The zero-order chi connectivity index (χ0) is 37.9. The van der Waals surface area contributed by atoms with Crippen LogP contribution in [-0.2, 0) is 14.4 Å². The van der Waals surface area contributed by atoms with E-state index in [-0.39, 0.29) is 53.3 Å². The number of imide groups is 1. The first-order valence-electron chi connectivity index (χ1n) is 18.7. The van der Waals surface area contributed by atoms with Gasteiger partial charge in [-0.3, -0.25) is 29.3 Å². The van der Waals surface area contributed by atoms with Gasteiger partial charge >= 0.3 is 0 Å². The molecule has 7 rings (SSSR count). The molecular weight excluding hydrogens is 695 g/mol. The van der Waals surface area contributed by atoms with Crippen molar-refractivity contribution in [1.29, 1.82) is 0 Å². The maximum absolute atomic E-state index is 13.7. The molecule has 4 amide bonds. The number of halogens is 1. The number of nitrogens with one attached hydrogen (secondary N) is 3. The van der Waals surface area contributed by atoms with Gasteiger partial charge in [-0.25, -0.2) is 14.4 Å². The lowest BCUT2D eigenvalue weighted by molar-refractivity contribution is -0.134. The standard InChI is InChI=1S/C39H45FN8O6/c1-23(2)54-32-19-34-43-30(22-47(34)21-27(32)38(52)44-29-6-5-15-48(39(29)53)31-18-28(31)40)24-12-16-46(17-13-24)36(50)7-3-4-14-41-33-10-8-25(20-42-33)26-9-11-35(49)45-37(26)51/h5-6,8,10,15,19-24,26,28,31H,3-4,7,9,11-14,16-18H2,1-2H3,(H,41,42)(H,44,52)(H,45,49,51)/t26?,28-,31+/m1/s1. The minimum Gasteiger partial charge on any atom is -0.490 e. The lowest BCUT2D eigenvalue weighted by atomic mass is 9.92. The molecule has 284 valence electrons. The van der Waals surface area contributed by atoms with Gasteiger partial charge in [0, 0.05) is 75.7 Å². The number of piperidine rings is 2. The van der Waals surface area contributed by atoms with Gasteiger partial charge in [-0.2, -0.15) is 0 Å². The van der Waals surface area contributed by atoms with Gasteiger partial charge in [0.05, 0.1) is 29.3 Å². The average molecular weight is 741 g/mol. The number of imidazole rings is 1. The molecule has 2 aliphatic heterocycles. The number of ether oxygens (including phenoxy) is 1. The first kappa shape index (κ1) is 36.7. The number of unbranched alkanes of at least 4 members (excludes halogenated alkanes) is 1. The number of alkyl halides is 1. The topological polar surface area (TPSA) is 169 Å². The zero-order valence-electron chi connectivity index (χ0n) is 30.4. The van der Waals surface area contributed by atoms with Crippen molar-refractivity contribution in [1.82, 2.24) is 29.2 Å². The third-order valence-electron chi connectivity index (χ3n) is 10.3. The Morgan fingerprint density at radius 1 is 1.07 bits per heavy atom. The summed E-state index contributed by atoms with van der Waals surface area (Å²) in [6.07, 6.45) is 10.1. The van der Waals surface area contributed by atoms with Crippen molar-refractivity contribution in [3.05, 3.63) is 82.3 Å². The normalized spacial score (nSPS) is 20.2. The number of hydrogen-bond acceptors (Lipinski definition) is 9. The van der Waals surface area contributed by atoms with Crippen LogP contribution >= 0.6 is 0 Å². The summed E-state index contributed by atoms with van der Waals surface area (Å²) in [5.74, 6) is -0.104. The van der Waals surface area contributed by atoms with E-state index in [4.69, 9.17) is 9.72 Å². The summed E-state index contributed by atoms with van der Waals surface area (Å²) in [6.45, 7) is 5.65. The van der Waals surface area contributed by atoms with Crippen molar-refractivity contribution in [3.63, 3.8) is 0 Å². The van der Waals surface area contributed by atoms with Gasteiger partial charge in [-0.1, -0.05) is 6.07 Å². The number of carbonyl (C=O) groups is 4. The highest BCUT2D eigenvalue weighted by Gasteiger charge is 2.40. The second-order valence-corrected chi connectivity index (χ2v) is 14.6. The number of aromatic nitrogens is 4. The Labute approximate surface area is 311 Å². The van der Waals surface area contributed by atoms with Crippen molar-refractivity contribution >= 4 is 40.8 Å². The highest BCUT2D eigenvalue weighted by Crippen LogP contribution is 2.38. The predicted molar refractivity (Wildman–Crippen MR) is 198 cm³/mol. The van der Waals surface area contributed by atoms with Gasteiger partial charge in [0.25, 0.3) is 11.5 Å². The smallest absolute Gasteiger partial charge is 0.274 e. The number of carbonyl (C=O) groups excluding carboxylic acids is 4. The van der Waals surface area contributed by atoms with Crippen LogP contribution in [0, 0.1) is 0 Å². The second-order valence-electron chi connectivity index (χ2n) is 14.6. The minimum absolute atomic E-state index is 0.0643. The Hall–Kier alpha value is -5.60. The number of nitrogens with zero attached hydrogens (tertiary/aromatic N) is 5. The molecule has 1 saturated carbocycles. The molecule has 54 heavy (non-hydrogen) atoms. The lowest BCUT2D eigenvalue weighted by Gasteiger charge is -2.31. The van der Waals surface area contributed by atoms with E-state index in [0.717, 1.165) is 36.9 Å². The van der Waals surface area contributed by atoms with Gasteiger partial charge in [0.1, 0.15) is 29.1 Å². The van der Waals surface area contributed by atoms with Crippen LogP contribution < -0.4 is 26.2 Å². The molecule has 0 spiro atoms. The zero-order valence-corrected chi connectivity index (χ0v) is 30.4. The predicted octanol–water partition coefficient (Wildman–Crippen LogP) is 4.72. The van der Waals surface area contributed by atoms with E-state index in [0.29, 0.717) is 56.1 Å². The second kappa shape index (κ2) is 15.8. The summed E-state index contributed by atoms with van der Waals surface area (Å²) in [4.78, 5) is 74.3. The van der Waals surface area contributed by atoms with Crippen LogP contribution in [0.15, 0.2) is 59.9 Å². The van der Waals surface area contributed by atoms with Gasteiger partial charge in [0.15, 0.2) is 0 Å². The lowest BCUT2D eigenvalue weighted by Crippen LogP contribution is -2.39. The number of likely N-dealkylation sites (tertiary alicyclic amines) is 1. The molecule has 2 saturated heterocycles. The highest BCUT2D eigenvalue weighted by atomic mass is 19.1. The molecule has 15 heteroatoms. The molecular formula is C39H45FN8O6. The van der Waals surface area contributed by atoms with E-state index in [1.165, 1.54) is 16.8 Å². The molecule has 0 radical (unpaired) electrons. The van der Waals surface area contributed by atoms with Crippen LogP contribution in [0.2, 0.25) is 0 Å². The summed E-state index contributed by atoms with van der Waals surface area (Å²) in [7, 11) is 0. The van der Waals surface area contributed by atoms with Crippen LogP contribution in [0.4, 0.5) is 15.9 Å². The van der Waals surface area contributed by atoms with E-state index in [9.17, 15) is 28.4 Å². The van der Waals surface area contributed by atoms with Crippen LogP contribution in [-0.4, -0.2) is 79.4 Å². The van der Waals surface area contributed by atoms with Gasteiger partial charge in [-0.05, 0) is 69.7 Å². The quantitative estimate of drug-likeness (QED) is 0.130. The molecule has 1 unspecified atom stereocenters. The summed E-state index contributed by atoms with van der Waals surface area (Å²) >= 11 is 0. The SMILES string of the molecule is CC(C)Oc1cc2nc(C3CCN(C(=O)CCCCNc4ccc(C5CCC(=O)NC5=O)cn4)CC3)cn2cc1C(=O)Nc1cccn([C@H]2C[C@H]2F)c1=O. The molecule has 3 fully saturated rings. The van der Waals surface area contributed by atoms with Crippen LogP contribution in [0.25, 0.3) is 5.65 Å². The van der Waals surface area contributed by atoms with Crippen molar-refractivity contribution in [3.8, 4) is 5.75 Å². The molecule has 3 aliphatic rings. The van der Waals surface area contributed by atoms with Crippen molar-refractivity contribution < 1.29 is 28.3 Å². The molecule has 0 bridgehead atoms. The van der Waals surface area contributed by atoms with Crippen LogP contribution in [0.1, 0.15) is 105 Å². The van der Waals surface area contributed by atoms with Gasteiger partial charge < -0.3 is 29.2 Å². The largest absolute Gasteiger partial charge is 0.490 e. The Morgan fingerprint density at radius 2 is 1.87 bits per heavy atom. The number of fused-ring (bicyclic) bond motifs is 1.